The third kappa shape index (κ3) is 3.40. The van der Waals surface area contributed by atoms with Crippen LogP contribution < -0.4 is 5.73 Å². The predicted molar refractivity (Wildman–Crippen MR) is 113 cm³/mol. The lowest BCUT2D eigenvalue weighted by Crippen LogP contribution is -2.49. The molecule has 4 saturated carbocycles. The maximum absolute atomic E-state index is 6.87. The van der Waals surface area contributed by atoms with Crippen molar-refractivity contribution >= 4 is 11.8 Å². The fraction of sp³-hybridized carbons (Fsp3) is 1.00. The van der Waals surface area contributed by atoms with Crippen molar-refractivity contribution in [2.75, 3.05) is 0 Å². The van der Waals surface area contributed by atoms with E-state index in [9.17, 15) is 0 Å². The molecule has 26 heavy (non-hydrogen) atoms. The lowest BCUT2D eigenvalue weighted by atomic mass is 9.61. The van der Waals surface area contributed by atoms with Crippen LogP contribution in [0.3, 0.4) is 0 Å². The summed E-state index contributed by atoms with van der Waals surface area (Å²) < 4.78 is 0. The van der Waals surface area contributed by atoms with E-state index in [2.05, 4.69) is 11.8 Å². The molecule has 1 aliphatic heterocycles. The van der Waals surface area contributed by atoms with E-state index < -0.39 is 0 Å². The maximum atomic E-state index is 6.87. The Kier molecular flexibility index (Phi) is 5.63. The van der Waals surface area contributed by atoms with Gasteiger partial charge in [0.15, 0.2) is 0 Å². The largest absolute Gasteiger partial charge is 0.327 e. The second kappa shape index (κ2) is 7.97. The molecule has 5 fully saturated rings. The minimum atomic E-state index is 0.513. The first-order chi connectivity index (χ1) is 12.8. The Bertz CT molecular complexity index is 473. The molecule has 1 nitrogen and oxygen atoms in total. The van der Waals surface area contributed by atoms with Crippen molar-refractivity contribution in [3.63, 3.8) is 0 Å². The predicted octanol–water partition coefficient (Wildman–Crippen LogP) is 6.40. The number of rotatable bonds is 2. The first kappa shape index (κ1) is 18.3. The average Bonchev–Trinajstić information content (AvgIpc) is 3.07. The minimum Gasteiger partial charge on any atom is -0.327 e. The van der Waals surface area contributed by atoms with E-state index in [0.29, 0.717) is 6.04 Å². The molecule has 5 aliphatic rings. The summed E-state index contributed by atoms with van der Waals surface area (Å²) in [4.78, 5) is 0. The topological polar surface area (TPSA) is 26.0 Å². The molecule has 0 spiro atoms. The fourth-order valence-electron chi connectivity index (χ4n) is 8.17. The zero-order chi connectivity index (χ0) is 17.5. The second-order valence-corrected chi connectivity index (χ2v) is 12.1. The zero-order valence-electron chi connectivity index (χ0n) is 16.8. The molecule has 2 N–H and O–H groups in total. The molecule has 8 atom stereocenters. The van der Waals surface area contributed by atoms with Crippen LogP contribution in [-0.2, 0) is 0 Å². The maximum Gasteiger partial charge on any atom is 0.0127 e. The van der Waals surface area contributed by atoms with Crippen molar-refractivity contribution < 1.29 is 0 Å². The van der Waals surface area contributed by atoms with Gasteiger partial charge in [0.2, 0.25) is 0 Å². The van der Waals surface area contributed by atoms with Crippen molar-refractivity contribution in [3.05, 3.63) is 0 Å². The number of thioether (sulfide) groups is 1. The van der Waals surface area contributed by atoms with Crippen LogP contribution in [0.25, 0.3) is 0 Å². The molecule has 8 unspecified atom stereocenters. The van der Waals surface area contributed by atoms with Crippen LogP contribution in [0.2, 0.25) is 0 Å². The van der Waals surface area contributed by atoms with Crippen LogP contribution >= 0.6 is 11.8 Å². The summed E-state index contributed by atoms with van der Waals surface area (Å²) in [5.41, 5.74) is 6.87. The molecular formula is C24H41NS. The van der Waals surface area contributed by atoms with Gasteiger partial charge < -0.3 is 5.73 Å². The van der Waals surface area contributed by atoms with Crippen molar-refractivity contribution in [1.82, 2.24) is 0 Å². The molecule has 2 heteroatoms. The molecule has 0 aromatic rings. The summed E-state index contributed by atoms with van der Waals surface area (Å²) in [6, 6.07) is 0.513. The number of hydrogen-bond donors (Lipinski definition) is 1. The highest BCUT2D eigenvalue weighted by Gasteiger charge is 2.52. The van der Waals surface area contributed by atoms with Gasteiger partial charge in [0.1, 0.15) is 0 Å². The van der Waals surface area contributed by atoms with Gasteiger partial charge in [-0.05, 0) is 67.6 Å². The summed E-state index contributed by atoms with van der Waals surface area (Å²) in [5.74, 6) is 6.04. The Balaban J connectivity index is 1.31. The molecule has 0 aromatic carbocycles. The summed E-state index contributed by atoms with van der Waals surface area (Å²) in [7, 11) is 0. The Morgan fingerprint density at radius 3 is 2.19 bits per heavy atom. The van der Waals surface area contributed by atoms with Crippen LogP contribution in [-0.4, -0.2) is 16.5 Å². The lowest BCUT2D eigenvalue weighted by Gasteiger charge is -2.47. The standard InChI is InChI=1S/C24H41NS/c25-21-14-13-20-19-11-4-5-12-22(19)26-24(20)23(21)18-10-6-9-17(15-18)16-7-2-1-3-8-16/h16-24H,1-15,25H2. The van der Waals surface area contributed by atoms with Gasteiger partial charge >= 0.3 is 0 Å². The van der Waals surface area contributed by atoms with E-state index in [4.69, 9.17) is 5.73 Å². The molecule has 0 aromatic heterocycles. The number of hydrogen-bond acceptors (Lipinski definition) is 2. The van der Waals surface area contributed by atoms with E-state index >= 15 is 0 Å². The van der Waals surface area contributed by atoms with Crippen molar-refractivity contribution in [3.8, 4) is 0 Å². The van der Waals surface area contributed by atoms with Crippen molar-refractivity contribution in [2.24, 2.45) is 41.2 Å². The third-order valence-electron chi connectivity index (χ3n) is 9.38. The molecule has 0 bridgehead atoms. The van der Waals surface area contributed by atoms with Crippen molar-refractivity contribution in [2.45, 2.75) is 113 Å². The number of fused-ring (bicyclic) bond motifs is 3. The first-order valence-corrected chi connectivity index (χ1v) is 13.2. The fourth-order valence-corrected chi connectivity index (χ4v) is 10.6. The van der Waals surface area contributed by atoms with E-state index in [1.54, 1.807) is 19.3 Å². The van der Waals surface area contributed by atoms with E-state index in [-0.39, 0.29) is 0 Å². The van der Waals surface area contributed by atoms with Gasteiger partial charge in [-0.15, -0.1) is 0 Å². The lowest BCUT2D eigenvalue weighted by molar-refractivity contribution is 0.0794. The Morgan fingerprint density at radius 2 is 1.31 bits per heavy atom. The average molecular weight is 376 g/mol. The second-order valence-electron chi connectivity index (χ2n) is 10.7. The Hall–Kier alpha value is 0.310. The normalized spacial score (nSPS) is 50.2. The van der Waals surface area contributed by atoms with Gasteiger partial charge in [0.25, 0.3) is 0 Å². The SMILES string of the molecule is NC1CCC2C3CCCCC3SC2C1C1CCCC(C2CCCCC2)C1. The van der Waals surface area contributed by atoms with E-state index in [1.165, 1.54) is 77.0 Å². The zero-order valence-corrected chi connectivity index (χ0v) is 17.6. The molecular weight excluding hydrogens is 334 g/mol. The van der Waals surface area contributed by atoms with Crippen LogP contribution in [0.5, 0.6) is 0 Å². The molecule has 1 heterocycles. The highest BCUT2D eigenvalue weighted by molar-refractivity contribution is 8.00. The molecule has 148 valence electrons. The van der Waals surface area contributed by atoms with Crippen molar-refractivity contribution in [1.29, 1.82) is 0 Å². The van der Waals surface area contributed by atoms with Gasteiger partial charge in [-0.1, -0.05) is 64.2 Å². The monoisotopic (exact) mass is 375 g/mol. The minimum absolute atomic E-state index is 0.513. The molecule has 4 aliphatic carbocycles. The Morgan fingerprint density at radius 1 is 0.577 bits per heavy atom. The van der Waals surface area contributed by atoms with Gasteiger partial charge in [0, 0.05) is 16.5 Å². The summed E-state index contributed by atoms with van der Waals surface area (Å²) in [5, 5.41) is 1.94. The highest BCUT2D eigenvalue weighted by Crippen LogP contribution is 2.58. The van der Waals surface area contributed by atoms with Crippen LogP contribution in [0.15, 0.2) is 0 Å². The highest BCUT2D eigenvalue weighted by atomic mass is 32.2. The van der Waals surface area contributed by atoms with E-state index in [0.717, 1.165) is 46.0 Å². The smallest absolute Gasteiger partial charge is 0.0127 e. The van der Waals surface area contributed by atoms with Gasteiger partial charge in [0.05, 0.1) is 0 Å². The Labute approximate surface area is 166 Å². The van der Waals surface area contributed by atoms with Crippen LogP contribution in [0.1, 0.15) is 96.3 Å². The summed E-state index contributed by atoms with van der Waals surface area (Å²) >= 11 is 2.44. The van der Waals surface area contributed by atoms with E-state index in [1.807, 2.05) is 0 Å². The molecule has 1 saturated heterocycles. The van der Waals surface area contributed by atoms with Gasteiger partial charge in [-0.3, -0.25) is 0 Å². The van der Waals surface area contributed by atoms with Gasteiger partial charge in [-0.2, -0.15) is 11.8 Å². The quantitative estimate of drug-likeness (QED) is 0.604. The van der Waals surface area contributed by atoms with Crippen LogP contribution in [0.4, 0.5) is 0 Å². The molecule has 0 amide bonds. The number of nitrogens with two attached hydrogens (primary N) is 1. The first-order valence-electron chi connectivity index (χ1n) is 12.2. The summed E-state index contributed by atoms with van der Waals surface area (Å²) in [6.45, 7) is 0. The summed E-state index contributed by atoms with van der Waals surface area (Å²) in [6.07, 6.45) is 22.5. The third-order valence-corrected chi connectivity index (χ3v) is 11.3. The molecule has 0 radical (unpaired) electrons. The van der Waals surface area contributed by atoms with Gasteiger partial charge in [-0.25, -0.2) is 0 Å². The van der Waals surface area contributed by atoms with Crippen LogP contribution in [0, 0.1) is 35.5 Å². The molecule has 5 rings (SSSR count).